The molecule has 9 heteroatoms. The lowest BCUT2D eigenvalue weighted by molar-refractivity contribution is -0.184. The summed E-state index contributed by atoms with van der Waals surface area (Å²) in [6.45, 7) is 1.17. The summed E-state index contributed by atoms with van der Waals surface area (Å²) in [7, 11) is 2.80. The normalized spacial score (nSPS) is 19.7. The van der Waals surface area contributed by atoms with Gasteiger partial charge in [0.05, 0.1) is 6.54 Å². The Labute approximate surface area is 191 Å². The van der Waals surface area contributed by atoms with Gasteiger partial charge in [-0.2, -0.15) is 0 Å². The van der Waals surface area contributed by atoms with Gasteiger partial charge in [0.15, 0.2) is 0 Å². The fraction of sp³-hybridized carbons (Fsp3) is 0.333. The number of fused-ring (bicyclic) bond motifs is 3. The molecular formula is C24H25N3O6. The molecule has 1 saturated heterocycles. The van der Waals surface area contributed by atoms with Gasteiger partial charge in [-0.3, -0.25) is 14.4 Å². The number of hydrogen-bond donors (Lipinski definition) is 1. The maximum absolute atomic E-state index is 12.7. The molecule has 1 aliphatic carbocycles. The van der Waals surface area contributed by atoms with Crippen LogP contribution in [-0.4, -0.2) is 73.2 Å². The molecule has 1 heterocycles. The summed E-state index contributed by atoms with van der Waals surface area (Å²) < 4.78 is 10.4. The molecule has 4 rings (SSSR count). The van der Waals surface area contributed by atoms with Crippen LogP contribution in [0, 0.1) is 0 Å². The first-order chi connectivity index (χ1) is 15.8. The number of ether oxygens (including phenoxy) is 2. The van der Waals surface area contributed by atoms with Gasteiger partial charge in [0.25, 0.3) is 12.1 Å². The highest BCUT2D eigenvalue weighted by atomic mass is 16.6. The molecule has 33 heavy (non-hydrogen) atoms. The lowest BCUT2D eigenvalue weighted by Crippen LogP contribution is -2.65. The number of carbonyl (C=O) groups is 4. The lowest BCUT2D eigenvalue weighted by atomic mass is 9.98. The van der Waals surface area contributed by atoms with Crippen LogP contribution in [0.15, 0.2) is 48.5 Å². The van der Waals surface area contributed by atoms with Crippen molar-refractivity contribution in [3.63, 3.8) is 0 Å². The minimum absolute atomic E-state index is 0.0839. The molecular weight excluding hydrogens is 426 g/mol. The number of esters is 1. The predicted molar refractivity (Wildman–Crippen MR) is 118 cm³/mol. The van der Waals surface area contributed by atoms with Gasteiger partial charge in [0.2, 0.25) is 5.91 Å². The van der Waals surface area contributed by atoms with Crippen LogP contribution in [0.4, 0.5) is 4.79 Å². The summed E-state index contributed by atoms with van der Waals surface area (Å²) in [4.78, 5) is 51.1. The standard InChI is InChI=1S/C24H25N3O6/c1-14(28)33-23-22(30)26(2)20(21(29)27(23)3)12-25-24(31)32-13-19-17-10-6-4-8-15(17)16-9-5-7-11-18(16)19/h4-11,19-20,23H,12-13H2,1-3H3,(H,25,31)/t20-,23-/m0/s1. The van der Waals surface area contributed by atoms with Gasteiger partial charge >= 0.3 is 12.1 Å². The average Bonchev–Trinajstić information content (AvgIpc) is 3.13. The van der Waals surface area contributed by atoms with Crippen molar-refractivity contribution in [3.05, 3.63) is 59.7 Å². The van der Waals surface area contributed by atoms with Crippen LogP contribution in [0.3, 0.4) is 0 Å². The molecule has 0 unspecified atom stereocenters. The fourth-order valence-electron chi connectivity index (χ4n) is 4.35. The summed E-state index contributed by atoms with van der Waals surface area (Å²) in [5.41, 5.74) is 4.44. The Kier molecular flexibility index (Phi) is 6.04. The molecule has 1 fully saturated rings. The SMILES string of the molecule is CC(=O)O[C@H]1C(=O)N(C)[C@@H](CNC(=O)OCC2c3ccccc3-c3ccccc32)C(=O)N1C. The molecule has 3 amide bonds. The van der Waals surface area contributed by atoms with Crippen molar-refractivity contribution in [1.29, 1.82) is 0 Å². The van der Waals surface area contributed by atoms with E-state index in [9.17, 15) is 19.2 Å². The number of carbonyl (C=O) groups excluding carboxylic acids is 4. The number of alkyl carbamates (subject to hydrolysis) is 1. The van der Waals surface area contributed by atoms with Gasteiger partial charge in [-0.15, -0.1) is 0 Å². The number of nitrogens with one attached hydrogen (secondary N) is 1. The molecule has 2 aromatic rings. The maximum Gasteiger partial charge on any atom is 0.407 e. The van der Waals surface area contributed by atoms with E-state index in [-0.39, 0.29) is 19.1 Å². The molecule has 172 valence electrons. The second-order valence-corrected chi connectivity index (χ2v) is 8.08. The van der Waals surface area contributed by atoms with Crippen LogP contribution in [0.5, 0.6) is 0 Å². The zero-order chi connectivity index (χ0) is 23.7. The summed E-state index contributed by atoms with van der Waals surface area (Å²) in [5, 5.41) is 2.57. The Balaban J connectivity index is 1.37. The smallest absolute Gasteiger partial charge is 0.407 e. The highest BCUT2D eigenvalue weighted by molar-refractivity contribution is 5.97. The number of likely N-dealkylation sites (N-methyl/N-ethyl adjacent to an activating group) is 2. The van der Waals surface area contributed by atoms with Gasteiger partial charge in [-0.1, -0.05) is 48.5 Å². The molecule has 0 radical (unpaired) electrons. The number of piperazine rings is 1. The van der Waals surface area contributed by atoms with Crippen LogP contribution in [-0.2, 0) is 23.9 Å². The number of amides is 3. The average molecular weight is 451 g/mol. The second-order valence-electron chi connectivity index (χ2n) is 8.08. The molecule has 1 N–H and O–H groups in total. The molecule has 0 saturated carbocycles. The van der Waals surface area contributed by atoms with Crippen LogP contribution >= 0.6 is 0 Å². The van der Waals surface area contributed by atoms with Gasteiger partial charge in [0.1, 0.15) is 12.6 Å². The third-order valence-corrected chi connectivity index (χ3v) is 6.07. The van der Waals surface area contributed by atoms with Crippen LogP contribution in [0.1, 0.15) is 24.0 Å². The second kappa shape index (κ2) is 8.93. The highest BCUT2D eigenvalue weighted by Gasteiger charge is 2.44. The van der Waals surface area contributed by atoms with Crippen LogP contribution in [0.25, 0.3) is 11.1 Å². The van der Waals surface area contributed by atoms with Crippen molar-refractivity contribution in [1.82, 2.24) is 15.1 Å². The van der Waals surface area contributed by atoms with E-state index in [4.69, 9.17) is 9.47 Å². The van der Waals surface area contributed by atoms with E-state index in [2.05, 4.69) is 17.4 Å². The minimum Gasteiger partial charge on any atom is -0.449 e. The van der Waals surface area contributed by atoms with Crippen LogP contribution < -0.4 is 5.32 Å². The third-order valence-electron chi connectivity index (χ3n) is 6.07. The molecule has 2 aliphatic rings. The quantitative estimate of drug-likeness (QED) is 0.694. The summed E-state index contributed by atoms with van der Waals surface area (Å²) >= 11 is 0. The Hall–Kier alpha value is -3.88. The number of rotatable bonds is 5. The van der Waals surface area contributed by atoms with Crippen molar-refractivity contribution in [2.45, 2.75) is 25.1 Å². The van der Waals surface area contributed by atoms with E-state index in [1.165, 1.54) is 19.0 Å². The molecule has 0 aromatic heterocycles. The van der Waals surface area contributed by atoms with E-state index in [1.807, 2.05) is 36.4 Å². The molecule has 0 spiro atoms. The molecule has 1 aliphatic heterocycles. The Morgan fingerprint density at radius 1 is 0.909 bits per heavy atom. The molecule has 9 nitrogen and oxygen atoms in total. The molecule has 2 atom stereocenters. The Morgan fingerprint density at radius 3 is 2.06 bits per heavy atom. The van der Waals surface area contributed by atoms with E-state index >= 15 is 0 Å². The van der Waals surface area contributed by atoms with E-state index in [0.717, 1.165) is 34.1 Å². The summed E-state index contributed by atoms with van der Waals surface area (Å²) in [6.07, 6.45) is -2.00. The minimum atomic E-state index is -1.31. The van der Waals surface area contributed by atoms with Gasteiger partial charge < -0.3 is 24.6 Å². The Morgan fingerprint density at radius 2 is 1.48 bits per heavy atom. The Bertz CT molecular complexity index is 1070. The first kappa shape index (κ1) is 22.3. The van der Waals surface area contributed by atoms with E-state index < -0.39 is 36.1 Å². The largest absolute Gasteiger partial charge is 0.449 e. The van der Waals surface area contributed by atoms with Crippen molar-refractivity contribution < 1.29 is 28.7 Å². The number of nitrogens with zero attached hydrogens (tertiary/aromatic N) is 2. The zero-order valence-corrected chi connectivity index (χ0v) is 18.6. The van der Waals surface area contributed by atoms with Crippen molar-refractivity contribution in [2.24, 2.45) is 0 Å². The lowest BCUT2D eigenvalue weighted by Gasteiger charge is -2.40. The fourth-order valence-corrected chi connectivity index (χ4v) is 4.35. The first-order valence-electron chi connectivity index (χ1n) is 10.6. The molecule has 0 bridgehead atoms. The first-order valence-corrected chi connectivity index (χ1v) is 10.6. The number of hydrogen-bond acceptors (Lipinski definition) is 6. The zero-order valence-electron chi connectivity index (χ0n) is 18.6. The van der Waals surface area contributed by atoms with Crippen molar-refractivity contribution >= 4 is 23.9 Å². The summed E-state index contributed by atoms with van der Waals surface area (Å²) in [6, 6.07) is 15.1. The predicted octanol–water partition coefficient (Wildman–Crippen LogP) is 1.71. The maximum atomic E-state index is 12.7. The topological polar surface area (TPSA) is 105 Å². The van der Waals surface area contributed by atoms with Gasteiger partial charge in [-0.25, -0.2) is 4.79 Å². The number of benzene rings is 2. The van der Waals surface area contributed by atoms with Gasteiger partial charge in [-0.05, 0) is 22.3 Å². The molecule has 2 aromatic carbocycles. The summed E-state index contributed by atoms with van der Waals surface area (Å²) in [5.74, 6) is -1.76. The van der Waals surface area contributed by atoms with Crippen LogP contribution in [0.2, 0.25) is 0 Å². The van der Waals surface area contributed by atoms with E-state index in [0.29, 0.717) is 0 Å². The van der Waals surface area contributed by atoms with E-state index in [1.54, 1.807) is 0 Å². The van der Waals surface area contributed by atoms with Crippen molar-refractivity contribution in [2.75, 3.05) is 27.2 Å². The highest BCUT2D eigenvalue weighted by Crippen LogP contribution is 2.44. The monoisotopic (exact) mass is 451 g/mol. The van der Waals surface area contributed by atoms with Gasteiger partial charge in [0, 0.05) is 26.9 Å². The van der Waals surface area contributed by atoms with Crippen molar-refractivity contribution in [3.8, 4) is 11.1 Å². The third kappa shape index (κ3) is 4.13.